The third-order valence-electron chi connectivity index (χ3n) is 7.10. The molecule has 5 nitrogen and oxygen atoms in total. The largest absolute Gasteiger partial charge is 0.356 e. The lowest BCUT2D eigenvalue weighted by Crippen LogP contribution is -2.40. The molecule has 29 heavy (non-hydrogen) atoms. The third-order valence-corrected chi connectivity index (χ3v) is 7.10. The van der Waals surface area contributed by atoms with Gasteiger partial charge in [0.25, 0.3) is 0 Å². The van der Waals surface area contributed by atoms with E-state index >= 15 is 0 Å². The van der Waals surface area contributed by atoms with Gasteiger partial charge in [-0.3, -0.25) is 14.6 Å². The first-order valence-electron chi connectivity index (χ1n) is 11.3. The molecule has 3 aliphatic rings. The number of nitrogens with zero attached hydrogens (tertiary/aromatic N) is 2. The molecule has 1 saturated carbocycles. The quantitative estimate of drug-likeness (QED) is 0.717. The number of allylic oxidation sites excluding steroid dienone is 1. The van der Waals surface area contributed by atoms with Gasteiger partial charge in [-0.15, -0.1) is 0 Å². The van der Waals surface area contributed by atoms with Crippen molar-refractivity contribution in [1.29, 1.82) is 0 Å². The Bertz CT molecular complexity index is 751. The van der Waals surface area contributed by atoms with Crippen molar-refractivity contribution in [2.75, 3.05) is 19.6 Å². The first kappa shape index (κ1) is 20.1. The number of piperidine rings is 1. The van der Waals surface area contributed by atoms with Crippen molar-refractivity contribution in [3.05, 3.63) is 41.7 Å². The Hall–Kier alpha value is -2.17. The lowest BCUT2D eigenvalue weighted by molar-refractivity contribution is -0.132. The monoisotopic (exact) mass is 395 g/mol. The van der Waals surface area contributed by atoms with Gasteiger partial charge in [0, 0.05) is 44.4 Å². The Balaban J connectivity index is 1.16. The zero-order chi connectivity index (χ0) is 20.1. The van der Waals surface area contributed by atoms with Gasteiger partial charge in [0.2, 0.25) is 11.8 Å². The molecule has 0 bridgehead atoms. The van der Waals surface area contributed by atoms with Gasteiger partial charge in [0.15, 0.2) is 0 Å². The van der Waals surface area contributed by atoms with Crippen LogP contribution in [0.4, 0.5) is 0 Å². The van der Waals surface area contributed by atoms with E-state index in [2.05, 4.69) is 16.4 Å². The molecular formula is C24H33N3O2. The summed E-state index contributed by atoms with van der Waals surface area (Å²) in [6.45, 7) is 2.36. The fraction of sp³-hybridized carbons (Fsp3) is 0.625. The minimum absolute atomic E-state index is 0.161. The number of pyridine rings is 1. The van der Waals surface area contributed by atoms with Crippen LogP contribution in [0.2, 0.25) is 0 Å². The number of carbonyl (C=O) groups is 2. The Labute approximate surface area is 174 Å². The van der Waals surface area contributed by atoms with Crippen molar-refractivity contribution >= 4 is 11.8 Å². The van der Waals surface area contributed by atoms with Gasteiger partial charge < -0.3 is 10.2 Å². The average molecular weight is 396 g/mol. The normalized spacial score (nSPS) is 22.8. The fourth-order valence-electron chi connectivity index (χ4n) is 5.03. The van der Waals surface area contributed by atoms with Gasteiger partial charge in [-0.25, -0.2) is 0 Å². The molecule has 0 radical (unpaired) electrons. The summed E-state index contributed by atoms with van der Waals surface area (Å²) < 4.78 is 0. The van der Waals surface area contributed by atoms with Gasteiger partial charge >= 0.3 is 0 Å². The molecule has 2 heterocycles. The number of rotatable bonds is 7. The maximum atomic E-state index is 12.6. The van der Waals surface area contributed by atoms with Crippen LogP contribution in [0, 0.1) is 11.3 Å². The molecule has 156 valence electrons. The van der Waals surface area contributed by atoms with E-state index < -0.39 is 0 Å². The number of nitrogens with one attached hydrogen (secondary N) is 1. The van der Waals surface area contributed by atoms with Crippen LogP contribution in [-0.2, 0) is 16.0 Å². The molecule has 1 unspecified atom stereocenters. The summed E-state index contributed by atoms with van der Waals surface area (Å²) in [6, 6.07) is 3.93. The van der Waals surface area contributed by atoms with E-state index in [4.69, 9.17) is 0 Å². The number of hydrogen-bond acceptors (Lipinski definition) is 3. The number of aromatic nitrogens is 1. The van der Waals surface area contributed by atoms with Crippen molar-refractivity contribution in [3.8, 4) is 0 Å². The summed E-state index contributed by atoms with van der Waals surface area (Å²) >= 11 is 0. The van der Waals surface area contributed by atoms with E-state index in [0.717, 1.165) is 57.3 Å². The molecule has 1 aliphatic heterocycles. The topological polar surface area (TPSA) is 62.3 Å². The summed E-state index contributed by atoms with van der Waals surface area (Å²) in [4.78, 5) is 31.2. The van der Waals surface area contributed by atoms with E-state index in [-0.39, 0.29) is 23.1 Å². The number of carbonyl (C=O) groups excluding carboxylic acids is 2. The summed E-state index contributed by atoms with van der Waals surface area (Å²) in [5, 5.41) is 3.17. The summed E-state index contributed by atoms with van der Waals surface area (Å²) in [7, 11) is 0. The average Bonchev–Trinajstić information content (AvgIpc) is 3.47. The molecule has 2 aliphatic carbocycles. The highest BCUT2D eigenvalue weighted by atomic mass is 16.2. The van der Waals surface area contributed by atoms with Crippen molar-refractivity contribution < 1.29 is 9.59 Å². The molecule has 1 aromatic rings. The van der Waals surface area contributed by atoms with E-state index in [0.29, 0.717) is 6.42 Å². The van der Waals surface area contributed by atoms with E-state index in [1.165, 1.54) is 31.3 Å². The first-order chi connectivity index (χ1) is 14.2. The Morgan fingerprint density at radius 1 is 1.21 bits per heavy atom. The van der Waals surface area contributed by atoms with E-state index in [9.17, 15) is 9.59 Å². The molecule has 2 fully saturated rings. The third kappa shape index (κ3) is 5.06. The number of aryl methyl sites for hydroxylation is 1. The summed E-state index contributed by atoms with van der Waals surface area (Å²) in [5.74, 6) is 0.624. The second kappa shape index (κ2) is 9.10. The molecule has 2 amide bonds. The van der Waals surface area contributed by atoms with Crippen LogP contribution in [0.3, 0.4) is 0 Å². The summed E-state index contributed by atoms with van der Waals surface area (Å²) in [6.07, 6.45) is 16.2. The molecule has 4 rings (SSSR count). The molecular weight excluding hydrogens is 362 g/mol. The van der Waals surface area contributed by atoms with Crippen LogP contribution in [0.5, 0.6) is 0 Å². The van der Waals surface area contributed by atoms with Crippen molar-refractivity contribution in [1.82, 2.24) is 15.2 Å². The standard InChI is InChI=1S/C24H33N3O2/c28-22(9-8-20-7-4-13-25-18-20)27-15-11-24(12-16-27)17-21(24)23(29)26-14-10-19-5-2-1-3-6-19/h4-5,7,13,18,21H,1-3,6,8-12,14-17H2,(H,26,29). The van der Waals surface area contributed by atoms with Gasteiger partial charge in [-0.05, 0) is 74.8 Å². The fourth-order valence-corrected chi connectivity index (χ4v) is 5.03. The van der Waals surface area contributed by atoms with Crippen LogP contribution in [0.25, 0.3) is 0 Å². The smallest absolute Gasteiger partial charge is 0.223 e. The Kier molecular flexibility index (Phi) is 6.31. The molecule has 1 saturated heterocycles. The van der Waals surface area contributed by atoms with Crippen molar-refractivity contribution in [2.24, 2.45) is 11.3 Å². The number of hydrogen-bond donors (Lipinski definition) is 1. The van der Waals surface area contributed by atoms with Crippen LogP contribution in [0.1, 0.15) is 63.4 Å². The van der Waals surface area contributed by atoms with Gasteiger partial charge in [0.05, 0.1) is 0 Å². The maximum Gasteiger partial charge on any atom is 0.223 e. The van der Waals surface area contributed by atoms with Gasteiger partial charge in [-0.1, -0.05) is 17.7 Å². The minimum Gasteiger partial charge on any atom is -0.356 e. The minimum atomic E-state index is 0.161. The highest BCUT2D eigenvalue weighted by molar-refractivity contribution is 5.83. The second-order valence-corrected chi connectivity index (χ2v) is 9.01. The first-order valence-corrected chi connectivity index (χ1v) is 11.3. The predicted octanol–water partition coefficient (Wildman–Crippen LogP) is 3.65. The number of amides is 2. The van der Waals surface area contributed by atoms with Crippen molar-refractivity contribution in [2.45, 2.75) is 64.2 Å². The zero-order valence-electron chi connectivity index (χ0n) is 17.4. The van der Waals surface area contributed by atoms with Crippen LogP contribution in [-0.4, -0.2) is 41.3 Å². The Morgan fingerprint density at radius 3 is 2.79 bits per heavy atom. The van der Waals surface area contributed by atoms with Crippen LogP contribution in [0.15, 0.2) is 36.2 Å². The number of likely N-dealkylation sites (tertiary alicyclic amines) is 1. The molecule has 1 spiro atoms. The van der Waals surface area contributed by atoms with Crippen molar-refractivity contribution in [3.63, 3.8) is 0 Å². The molecule has 1 N–H and O–H groups in total. The second-order valence-electron chi connectivity index (χ2n) is 9.01. The van der Waals surface area contributed by atoms with Crippen LogP contribution >= 0.6 is 0 Å². The summed E-state index contributed by atoms with van der Waals surface area (Å²) in [5.41, 5.74) is 2.78. The van der Waals surface area contributed by atoms with Gasteiger partial charge in [-0.2, -0.15) is 0 Å². The SMILES string of the molecule is O=C(NCCC1=CCCCC1)C1CC12CCN(C(=O)CCc1cccnc1)CC2. The zero-order valence-corrected chi connectivity index (χ0v) is 17.4. The molecule has 5 heteroatoms. The lowest BCUT2D eigenvalue weighted by atomic mass is 9.90. The van der Waals surface area contributed by atoms with E-state index in [1.54, 1.807) is 6.20 Å². The molecule has 1 atom stereocenters. The van der Waals surface area contributed by atoms with Gasteiger partial charge in [0.1, 0.15) is 0 Å². The van der Waals surface area contributed by atoms with E-state index in [1.807, 2.05) is 23.2 Å². The lowest BCUT2D eigenvalue weighted by Gasteiger charge is -2.33. The molecule has 0 aromatic carbocycles. The van der Waals surface area contributed by atoms with Crippen LogP contribution < -0.4 is 5.32 Å². The maximum absolute atomic E-state index is 12.6. The highest BCUT2D eigenvalue weighted by Gasteiger charge is 2.58. The predicted molar refractivity (Wildman–Crippen MR) is 113 cm³/mol. The molecule has 1 aromatic heterocycles. The Morgan fingerprint density at radius 2 is 2.07 bits per heavy atom. The highest BCUT2D eigenvalue weighted by Crippen LogP contribution is 2.59.